The number of hydrogen-bond acceptors (Lipinski definition) is 1. The molecule has 2 heteroatoms. The molecule has 0 unspecified atom stereocenters. The van der Waals surface area contributed by atoms with Crippen molar-refractivity contribution in [2.75, 3.05) is 11.9 Å². The van der Waals surface area contributed by atoms with Crippen LogP contribution < -0.4 is 0 Å². The van der Waals surface area contributed by atoms with Gasteiger partial charge < -0.3 is 4.74 Å². The highest BCUT2D eigenvalue weighted by molar-refractivity contribution is 9.09. The summed E-state index contributed by atoms with van der Waals surface area (Å²) >= 11 is 3.68. The third-order valence-corrected chi connectivity index (χ3v) is 5.01. The van der Waals surface area contributed by atoms with Crippen LogP contribution in [0.4, 0.5) is 0 Å². The van der Waals surface area contributed by atoms with E-state index >= 15 is 0 Å². The predicted molar refractivity (Wildman–Crippen MR) is 69.6 cm³/mol. The smallest absolute Gasteiger partial charge is 0.0624 e. The summed E-state index contributed by atoms with van der Waals surface area (Å²) in [5.74, 6) is 0. The molecule has 0 amide bonds. The molecule has 1 fully saturated rings. The fourth-order valence-corrected chi connectivity index (χ4v) is 2.79. The molecule has 1 aliphatic rings. The van der Waals surface area contributed by atoms with Crippen LogP contribution >= 0.6 is 15.9 Å². The van der Waals surface area contributed by atoms with Crippen molar-refractivity contribution in [1.29, 1.82) is 0 Å². The molecule has 0 heterocycles. The maximum Gasteiger partial charge on any atom is 0.0624 e. The number of ether oxygens (including phenoxy) is 1. The van der Waals surface area contributed by atoms with Crippen LogP contribution in [0.3, 0.4) is 0 Å². The molecule has 0 aromatic rings. The average Bonchev–Trinajstić information content (AvgIpc) is 2.28. The Bertz CT molecular complexity index is 183. The third kappa shape index (κ3) is 4.07. The van der Waals surface area contributed by atoms with Gasteiger partial charge in [-0.05, 0) is 33.1 Å². The number of alkyl halides is 1. The first-order valence-corrected chi connectivity index (χ1v) is 7.36. The summed E-state index contributed by atoms with van der Waals surface area (Å²) in [7, 11) is 0. The van der Waals surface area contributed by atoms with E-state index in [4.69, 9.17) is 4.74 Å². The molecule has 0 aromatic carbocycles. The summed E-state index contributed by atoms with van der Waals surface area (Å²) in [5.41, 5.74) is 0.470. The van der Waals surface area contributed by atoms with Crippen LogP contribution in [0.25, 0.3) is 0 Å². The third-order valence-electron chi connectivity index (χ3n) is 3.82. The first-order chi connectivity index (χ1) is 7.04. The van der Waals surface area contributed by atoms with E-state index in [0.29, 0.717) is 5.41 Å². The molecule has 0 aromatic heterocycles. The lowest BCUT2D eigenvalue weighted by molar-refractivity contribution is -0.0676. The average molecular weight is 277 g/mol. The van der Waals surface area contributed by atoms with Crippen molar-refractivity contribution in [2.24, 2.45) is 5.41 Å². The van der Waals surface area contributed by atoms with Gasteiger partial charge in [-0.1, -0.05) is 42.1 Å². The van der Waals surface area contributed by atoms with Crippen LogP contribution in [0.1, 0.15) is 59.3 Å². The minimum absolute atomic E-state index is 0.0482. The molecule has 15 heavy (non-hydrogen) atoms. The molecular weight excluding hydrogens is 252 g/mol. The fraction of sp³-hybridized carbons (Fsp3) is 1.00. The van der Waals surface area contributed by atoms with E-state index in [-0.39, 0.29) is 5.60 Å². The summed E-state index contributed by atoms with van der Waals surface area (Å²) in [4.78, 5) is 0. The number of rotatable bonds is 5. The van der Waals surface area contributed by atoms with Gasteiger partial charge in [-0.2, -0.15) is 0 Å². The molecule has 1 aliphatic carbocycles. The van der Waals surface area contributed by atoms with Gasteiger partial charge in [-0.3, -0.25) is 0 Å². The van der Waals surface area contributed by atoms with Crippen molar-refractivity contribution < 1.29 is 4.74 Å². The Kier molecular flexibility index (Phi) is 5.11. The standard InChI is InChI=1S/C13H25BrO/c1-4-12(2,3)15-11-13(10-14)8-6-5-7-9-13/h4-11H2,1-3H3. The molecule has 1 rings (SSSR count). The minimum Gasteiger partial charge on any atom is -0.375 e. The minimum atomic E-state index is 0.0482. The van der Waals surface area contributed by atoms with E-state index < -0.39 is 0 Å². The zero-order chi connectivity index (χ0) is 11.4. The van der Waals surface area contributed by atoms with Gasteiger partial charge in [0.05, 0.1) is 12.2 Å². The van der Waals surface area contributed by atoms with Crippen LogP contribution in [0, 0.1) is 5.41 Å². The van der Waals surface area contributed by atoms with E-state index in [2.05, 4.69) is 36.7 Å². The largest absolute Gasteiger partial charge is 0.375 e. The summed E-state index contributed by atoms with van der Waals surface area (Å²) in [6, 6.07) is 0. The van der Waals surface area contributed by atoms with E-state index in [0.717, 1.165) is 18.4 Å². The predicted octanol–water partition coefficient (Wildman–Crippen LogP) is 4.54. The maximum absolute atomic E-state index is 6.08. The van der Waals surface area contributed by atoms with Crippen LogP contribution in [0.2, 0.25) is 0 Å². The second-order valence-corrected chi connectivity index (χ2v) is 6.16. The Morgan fingerprint density at radius 2 is 1.80 bits per heavy atom. The summed E-state index contributed by atoms with van der Waals surface area (Å²) < 4.78 is 6.08. The van der Waals surface area contributed by atoms with Crippen LogP contribution in [0.15, 0.2) is 0 Å². The van der Waals surface area contributed by atoms with E-state index in [1.807, 2.05) is 0 Å². The first kappa shape index (κ1) is 13.5. The lowest BCUT2D eigenvalue weighted by Crippen LogP contribution is -2.36. The quantitative estimate of drug-likeness (QED) is 0.670. The Morgan fingerprint density at radius 3 is 2.27 bits per heavy atom. The topological polar surface area (TPSA) is 9.23 Å². The van der Waals surface area contributed by atoms with Crippen molar-refractivity contribution in [3.05, 3.63) is 0 Å². The molecule has 1 nitrogen and oxygen atoms in total. The van der Waals surface area contributed by atoms with Crippen molar-refractivity contribution in [3.8, 4) is 0 Å². The van der Waals surface area contributed by atoms with Crippen molar-refractivity contribution in [1.82, 2.24) is 0 Å². The van der Waals surface area contributed by atoms with Gasteiger partial charge in [-0.25, -0.2) is 0 Å². The molecule has 0 radical (unpaired) electrons. The van der Waals surface area contributed by atoms with Gasteiger partial charge in [0, 0.05) is 10.7 Å². The highest BCUT2D eigenvalue weighted by Gasteiger charge is 2.33. The Balaban J connectivity index is 2.45. The van der Waals surface area contributed by atoms with Crippen LogP contribution in [0.5, 0.6) is 0 Å². The zero-order valence-corrected chi connectivity index (χ0v) is 12.0. The van der Waals surface area contributed by atoms with Crippen molar-refractivity contribution in [3.63, 3.8) is 0 Å². The van der Waals surface area contributed by atoms with E-state index in [1.165, 1.54) is 32.1 Å². The number of halogens is 1. The monoisotopic (exact) mass is 276 g/mol. The maximum atomic E-state index is 6.08. The van der Waals surface area contributed by atoms with Crippen molar-refractivity contribution in [2.45, 2.75) is 64.9 Å². The molecule has 0 N–H and O–H groups in total. The molecular formula is C13H25BrO. The molecule has 1 saturated carbocycles. The molecule has 0 atom stereocenters. The lowest BCUT2D eigenvalue weighted by atomic mass is 9.76. The van der Waals surface area contributed by atoms with Gasteiger partial charge in [0.25, 0.3) is 0 Å². The van der Waals surface area contributed by atoms with Crippen LogP contribution in [-0.4, -0.2) is 17.5 Å². The molecule has 90 valence electrons. The molecule has 0 spiro atoms. The lowest BCUT2D eigenvalue weighted by Gasteiger charge is -2.38. The van der Waals surface area contributed by atoms with Gasteiger partial charge in [0.1, 0.15) is 0 Å². The van der Waals surface area contributed by atoms with Crippen LogP contribution in [-0.2, 0) is 4.74 Å². The fourth-order valence-electron chi connectivity index (χ4n) is 2.07. The molecule has 0 aliphatic heterocycles. The zero-order valence-electron chi connectivity index (χ0n) is 10.4. The van der Waals surface area contributed by atoms with E-state index in [9.17, 15) is 0 Å². The Morgan fingerprint density at radius 1 is 1.20 bits per heavy atom. The Labute approximate surface area is 103 Å². The second-order valence-electron chi connectivity index (χ2n) is 5.60. The van der Waals surface area contributed by atoms with E-state index in [1.54, 1.807) is 0 Å². The van der Waals surface area contributed by atoms with Gasteiger partial charge in [0.2, 0.25) is 0 Å². The normalized spacial score (nSPS) is 21.6. The summed E-state index contributed by atoms with van der Waals surface area (Å²) in [6.45, 7) is 7.51. The van der Waals surface area contributed by atoms with Gasteiger partial charge in [-0.15, -0.1) is 0 Å². The number of hydrogen-bond donors (Lipinski definition) is 0. The molecule has 0 bridgehead atoms. The second kappa shape index (κ2) is 5.67. The van der Waals surface area contributed by atoms with Crippen molar-refractivity contribution >= 4 is 15.9 Å². The molecule has 0 saturated heterocycles. The first-order valence-electron chi connectivity index (χ1n) is 6.23. The summed E-state index contributed by atoms with van der Waals surface area (Å²) in [5, 5.41) is 1.10. The SMILES string of the molecule is CCC(C)(C)OCC1(CBr)CCCCC1. The highest BCUT2D eigenvalue weighted by atomic mass is 79.9. The Hall–Kier alpha value is 0.440. The summed E-state index contributed by atoms with van der Waals surface area (Å²) in [6.07, 6.45) is 7.91. The highest BCUT2D eigenvalue weighted by Crippen LogP contribution is 2.39. The van der Waals surface area contributed by atoms with Gasteiger partial charge >= 0.3 is 0 Å². The van der Waals surface area contributed by atoms with Gasteiger partial charge in [0.15, 0.2) is 0 Å².